The molecule has 1 aromatic carbocycles. The van der Waals surface area contributed by atoms with Crippen molar-refractivity contribution in [3.63, 3.8) is 0 Å². The number of hydrogen-bond donors (Lipinski definition) is 0. The summed E-state index contributed by atoms with van der Waals surface area (Å²) in [6, 6.07) is 6.77. The van der Waals surface area contributed by atoms with Crippen molar-refractivity contribution in [2.24, 2.45) is 5.41 Å². The van der Waals surface area contributed by atoms with Crippen molar-refractivity contribution in [1.29, 1.82) is 5.26 Å². The maximum Gasteiger partial charge on any atom is 0.128 e. The van der Waals surface area contributed by atoms with Gasteiger partial charge >= 0.3 is 0 Å². The van der Waals surface area contributed by atoms with Gasteiger partial charge in [0.05, 0.1) is 17.5 Å². The van der Waals surface area contributed by atoms with Gasteiger partial charge in [-0.05, 0) is 46.1 Å². The van der Waals surface area contributed by atoms with Gasteiger partial charge in [0.1, 0.15) is 5.82 Å². The van der Waals surface area contributed by atoms with Crippen LogP contribution in [-0.2, 0) is 0 Å². The van der Waals surface area contributed by atoms with Crippen LogP contribution in [0.4, 0.5) is 4.39 Å². The van der Waals surface area contributed by atoms with Crippen molar-refractivity contribution in [3.05, 3.63) is 34.1 Å². The smallest absolute Gasteiger partial charge is 0.128 e. The molecule has 0 aliphatic rings. The average Bonchev–Trinajstić information content (AvgIpc) is 2.22. The number of hydrogen-bond acceptors (Lipinski definition) is 2. The van der Waals surface area contributed by atoms with Crippen LogP contribution in [0.1, 0.15) is 25.5 Å². The Balaban J connectivity index is 3.34. The Labute approximate surface area is 110 Å². The van der Waals surface area contributed by atoms with E-state index in [4.69, 9.17) is 0 Å². The quantitative estimate of drug-likeness (QED) is 0.850. The molecule has 0 bridgehead atoms. The molecule has 2 nitrogen and oxygen atoms in total. The Morgan fingerprint density at radius 3 is 2.47 bits per heavy atom. The van der Waals surface area contributed by atoms with Crippen molar-refractivity contribution < 1.29 is 4.39 Å². The second kappa shape index (κ2) is 5.16. The Kier molecular flexibility index (Phi) is 4.29. The SMILES string of the molecule is CN(C)C(c1cc(Br)ccc1F)C(C)(C)C#N. The van der Waals surface area contributed by atoms with Gasteiger partial charge in [-0.25, -0.2) is 4.39 Å². The first-order valence-corrected chi connectivity index (χ1v) is 6.11. The van der Waals surface area contributed by atoms with Crippen molar-refractivity contribution in [1.82, 2.24) is 4.90 Å². The molecule has 1 atom stereocenters. The lowest BCUT2D eigenvalue weighted by Crippen LogP contribution is -2.33. The zero-order valence-corrected chi connectivity index (χ0v) is 12.0. The van der Waals surface area contributed by atoms with Gasteiger partial charge in [-0.15, -0.1) is 0 Å². The molecule has 0 radical (unpaired) electrons. The lowest BCUT2D eigenvalue weighted by molar-refractivity contribution is 0.180. The molecular weight excluding hydrogens is 283 g/mol. The number of nitriles is 1. The van der Waals surface area contributed by atoms with Crippen molar-refractivity contribution >= 4 is 15.9 Å². The summed E-state index contributed by atoms with van der Waals surface area (Å²) in [4.78, 5) is 1.87. The third-order valence-electron chi connectivity index (χ3n) is 2.74. The summed E-state index contributed by atoms with van der Waals surface area (Å²) in [5.74, 6) is -0.282. The molecule has 1 rings (SSSR count). The highest BCUT2D eigenvalue weighted by Gasteiger charge is 2.34. The summed E-state index contributed by atoms with van der Waals surface area (Å²) in [7, 11) is 3.70. The van der Waals surface area contributed by atoms with Crippen LogP contribution in [0.15, 0.2) is 22.7 Å². The van der Waals surface area contributed by atoms with Gasteiger partial charge in [0, 0.05) is 10.0 Å². The molecule has 0 saturated carbocycles. The number of nitrogens with zero attached hydrogens (tertiary/aromatic N) is 2. The van der Waals surface area contributed by atoms with Gasteiger partial charge in [0.15, 0.2) is 0 Å². The topological polar surface area (TPSA) is 27.0 Å². The van der Waals surface area contributed by atoms with Crippen LogP contribution in [-0.4, -0.2) is 19.0 Å². The van der Waals surface area contributed by atoms with Gasteiger partial charge < -0.3 is 4.90 Å². The number of halogens is 2. The molecule has 0 N–H and O–H groups in total. The molecule has 92 valence electrons. The van der Waals surface area contributed by atoms with E-state index in [1.54, 1.807) is 12.1 Å². The van der Waals surface area contributed by atoms with E-state index in [9.17, 15) is 9.65 Å². The second-order valence-corrected chi connectivity index (χ2v) is 5.78. The monoisotopic (exact) mass is 298 g/mol. The summed E-state index contributed by atoms with van der Waals surface area (Å²) in [5, 5.41) is 9.22. The van der Waals surface area contributed by atoms with Crippen LogP contribution in [0.2, 0.25) is 0 Å². The molecule has 4 heteroatoms. The molecule has 0 saturated heterocycles. The molecule has 0 amide bonds. The summed E-state index contributed by atoms with van der Waals surface area (Å²) in [5.41, 5.74) is -0.124. The Hall–Kier alpha value is -0.920. The zero-order valence-electron chi connectivity index (χ0n) is 10.5. The maximum absolute atomic E-state index is 13.9. The van der Waals surface area contributed by atoms with Crippen molar-refractivity contribution in [2.45, 2.75) is 19.9 Å². The summed E-state index contributed by atoms with van der Waals surface area (Å²) < 4.78 is 14.7. The minimum atomic E-state index is -0.662. The largest absolute Gasteiger partial charge is 0.301 e. The zero-order chi connectivity index (χ0) is 13.2. The first-order chi connectivity index (χ1) is 7.79. The van der Waals surface area contributed by atoms with Gasteiger partial charge in [0.2, 0.25) is 0 Å². The van der Waals surface area contributed by atoms with Gasteiger partial charge in [-0.2, -0.15) is 5.26 Å². The third-order valence-corrected chi connectivity index (χ3v) is 3.23. The molecule has 1 aromatic rings. The van der Waals surface area contributed by atoms with E-state index in [2.05, 4.69) is 22.0 Å². The highest BCUT2D eigenvalue weighted by molar-refractivity contribution is 9.10. The summed E-state index contributed by atoms with van der Waals surface area (Å²) >= 11 is 3.33. The van der Waals surface area contributed by atoms with Crippen LogP contribution in [0.25, 0.3) is 0 Å². The summed E-state index contributed by atoms with van der Waals surface area (Å²) in [6.07, 6.45) is 0. The lowest BCUT2D eigenvalue weighted by Gasteiger charge is -2.34. The van der Waals surface area contributed by atoms with Gasteiger partial charge in [-0.1, -0.05) is 15.9 Å². The van der Waals surface area contributed by atoms with Crippen LogP contribution >= 0.6 is 15.9 Å². The molecule has 0 aliphatic carbocycles. The van der Waals surface area contributed by atoms with E-state index >= 15 is 0 Å². The first kappa shape index (κ1) is 14.1. The minimum Gasteiger partial charge on any atom is -0.301 e. The minimum absolute atomic E-state index is 0.282. The highest BCUT2D eigenvalue weighted by atomic mass is 79.9. The molecule has 0 aliphatic heterocycles. The van der Waals surface area contributed by atoms with Crippen LogP contribution in [0.3, 0.4) is 0 Å². The number of rotatable bonds is 3. The van der Waals surface area contributed by atoms with E-state index in [1.165, 1.54) is 6.07 Å². The molecule has 0 aromatic heterocycles. The lowest BCUT2D eigenvalue weighted by atomic mass is 9.81. The molecule has 0 heterocycles. The molecule has 0 spiro atoms. The fourth-order valence-electron chi connectivity index (χ4n) is 2.10. The molecular formula is C13H16BrFN2. The van der Waals surface area contributed by atoms with Crippen molar-refractivity contribution in [3.8, 4) is 6.07 Å². The van der Waals surface area contributed by atoms with E-state index < -0.39 is 5.41 Å². The van der Waals surface area contributed by atoms with Crippen LogP contribution < -0.4 is 0 Å². The van der Waals surface area contributed by atoms with E-state index in [1.807, 2.05) is 32.8 Å². The van der Waals surface area contributed by atoms with Crippen LogP contribution in [0.5, 0.6) is 0 Å². The number of benzene rings is 1. The first-order valence-electron chi connectivity index (χ1n) is 5.32. The van der Waals surface area contributed by atoms with E-state index in [0.717, 1.165) is 4.47 Å². The summed E-state index contributed by atoms with van der Waals surface area (Å²) in [6.45, 7) is 3.63. The second-order valence-electron chi connectivity index (χ2n) is 4.87. The van der Waals surface area contributed by atoms with Gasteiger partial charge in [0.25, 0.3) is 0 Å². The Morgan fingerprint density at radius 2 is 2.00 bits per heavy atom. The average molecular weight is 299 g/mol. The molecule has 0 fully saturated rings. The van der Waals surface area contributed by atoms with Gasteiger partial charge in [-0.3, -0.25) is 0 Å². The fourth-order valence-corrected chi connectivity index (χ4v) is 2.48. The maximum atomic E-state index is 13.9. The fraction of sp³-hybridized carbons (Fsp3) is 0.462. The molecule has 1 unspecified atom stereocenters. The van der Waals surface area contributed by atoms with Crippen molar-refractivity contribution in [2.75, 3.05) is 14.1 Å². The van der Waals surface area contributed by atoms with E-state index in [0.29, 0.717) is 5.56 Å². The predicted octanol–water partition coefficient (Wildman–Crippen LogP) is 3.74. The normalized spacial score (nSPS) is 13.5. The Bertz CT molecular complexity index is 449. The predicted molar refractivity (Wildman–Crippen MR) is 69.9 cm³/mol. The van der Waals surface area contributed by atoms with Crippen LogP contribution in [0, 0.1) is 22.6 Å². The Morgan fingerprint density at radius 1 is 1.41 bits per heavy atom. The third kappa shape index (κ3) is 3.05. The standard InChI is InChI=1S/C13H16BrFN2/c1-13(2,8-16)12(17(3)4)10-7-9(14)5-6-11(10)15/h5-7,12H,1-4H3. The highest BCUT2D eigenvalue weighted by Crippen LogP contribution is 2.38. The molecule has 17 heavy (non-hydrogen) atoms. The van der Waals surface area contributed by atoms with E-state index in [-0.39, 0.29) is 11.9 Å².